The topological polar surface area (TPSA) is 71.9 Å². The number of hydrogen-bond acceptors (Lipinski definition) is 4. The van der Waals surface area contributed by atoms with Crippen LogP contribution in [0.3, 0.4) is 0 Å². The van der Waals surface area contributed by atoms with Gasteiger partial charge in [0.2, 0.25) is 0 Å². The minimum Gasteiger partial charge on any atom is -0.454 e. The highest BCUT2D eigenvalue weighted by Crippen LogP contribution is 2.33. The first-order valence-electron chi connectivity index (χ1n) is 6.51. The average Bonchev–Trinajstić information content (AvgIpc) is 2.49. The lowest BCUT2D eigenvalue weighted by atomic mass is 10.1. The number of hydrogen-bond donors (Lipinski definition) is 1. The number of nitrogens with zero attached hydrogens (tertiary/aromatic N) is 2. The molecule has 3 rings (SSSR count). The van der Waals surface area contributed by atoms with Gasteiger partial charge in [-0.1, -0.05) is 12.1 Å². The zero-order valence-corrected chi connectivity index (χ0v) is 11.5. The number of aromatic nitrogens is 1. The number of pyridine rings is 1. The molecule has 0 amide bonds. The van der Waals surface area contributed by atoms with Crippen molar-refractivity contribution < 1.29 is 4.74 Å². The van der Waals surface area contributed by atoms with Crippen LogP contribution in [0, 0.1) is 18.3 Å². The van der Waals surface area contributed by atoms with Crippen LogP contribution in [0.15, 0.2) is 48.5 Å². The van der Waals surface area contributed by atoms with Gasteiger partial charge in [-0.3, -0.25) is 4.98 Å². The highest BCUT2D eigenvalue weighted by Gasteiger charge is 2.08. The Morgan fingerprint density at radius 3 is 2.67 bits per heavy atom. The van der Waals surface area contributed by atoms with Crippen molar-refractivity contribution in [2.75, 3.05) is 5.73 Å². The lowest BCUT2D eigenvalue weighted by molar-refractivity contribution is 0.490. The molecular formula is C17H13N3O. The molecule has 1 heterocycles. The molecular weight excluding hydrogens is 262 g/mol. The molecule has 0 fully saturated rings. The normalized spacial score (nSPS) is 10.3. The van der Waals surface area contributed by atoms with Gasteiger partial charge in [-0.05, 0) is 37.3 Å². The van der Waals surface area contributed by atoms with Gasteiger partial charge in [0, 0.05) is 17.1 Å². The molecule has 0 aliphatic heterocycles. The zero-order valence-electron chi connectivity index (χ0n) is 11.5. The second-order valence-electron chi connectivity index (χ2n) is 4.75. The Bertz CT molecular complexity index is 866. The summed E-state index contributed by atoms with van der Waals surface area (Å²) in [6.07, 6.45) is 0. The number of nitriles is 1. The largest absolute Gasteiger partial charge is 0.454 e. The fourth-order valence-corrected chi connectivity index (χ4v) is 2.18. The third kappa shape index (κ3) is 2.49. The highest BCUT2D eigenvalue weighted by molar-refractivity contribution is 5.85. The van der Waals surface area contributed by atoms with Crippen LogP contribution >= 0.6 is 0 Å². The van der Waals surface area contributed by atoms with E-state index < -0.39 is 0 Å². The maximum Gasteiger partial charge on any atom is 0.150 e. The number of nitrogen functional groups attached to an aromatic ring is 1. The number of fused-ring (bicyclic) bond motifs is 1. The van der Waals surface area contributed by atoms with E-state index in [2.05, 4.69) is 11.1 Å². The first-order chi connectivity index (χ1) is 10.2. The number of rotatable bonds is 2. The maximum absolute atomic E-state index is 8.87. The quantitative estimate of drug-likeness (QED) is 0.722. The van der Waals surface area contributed by atoms with Gasteiger partial charge in [0.15, 0.2) is 0 Å². The fraction of sp³-hybridized carbons (Fsp3) is 0.0588. The van der Waals surface area contributed by atoms with Crippen molar-refractivity contribution in [1.29, 1.82) is 5.26 Å². The van der Waals surface area contributed by atoms with Gasteiger partial charge >= 0.3 is 0 Å². The van der Waals surface area contributed by atoms with E-state index in [1.807, 2.05) is 37.3 Å². The number of benzene rings is 2. The molecule has 0 saturated heterocycles. The Morgan fingerprint density at radius 2 is 1.90 bits per heavy atom. The molecule has 21 heavy (non-hydrogen) atoms. The highest BCUT2D eigenvalue weighted by atomic mass is 16.5. The van der Waals surface area contributed by atoms with Gasteiger partial charge in [0.25, 0.3) is 0 Å². The van der Waals surface area contributed by atoms with Crippen LogP contribution in [0.1, 0.15) is 11.3 Å². The summed E-state index contributed by atoms with van der Waals surface area (Å²) in [6, 6.07) is 16.7. The van der Waals surface area contributed by atoms with E-state index in [1.54, 1.807) is 18.2 Å². The predicted octanol–water partition coefficient (Wildman–Crippen LogP) is 3.79. The second-order valence-corrected chi connectivity index (χ2v) is 4.75. The first kappa shape index (κ1) is 12.9. The van der Waals surface area contributed by atoms with Crippen molar-refractivity contribution in [3.63, 3.8) is 0 Å². The molecule has 0 unspecified atom stereocenters. The molecule has 0 atom stereocenters. The molecule has 0 aliphatic carbocycles. The van der Waals surface area contributed by atoms with Crippen LogP contribution in [0.25, 0.3) is 10.9 Å². The molecule has 3 aromatic rings. The van der Waals surface area contributed by atoms with Crippen LogP contribution in [-0.2, 0) is 0 Å². The van der Waals surface area contributed by atoms with Crippen molar-refractivity contribution in [1.82, 2.24) is 4.98 Å². The molecule has 0 spiro atoms. The SMILES string of the molecule is Cc1cc(Oc2ccc(C#N)cc2N)c2ccccc2n1. The molecule has 0 bridgehead atoms. The van der Waals surface area contributed by atoms with Crippen LogP contribution in [0.4, 0.5) is 5.69 Å². The number of ether oxygens (including phenoxy) is 1. The van der Waals surface area contributed by atoms with Crippen LogP contribution < -0.4 is 10.5 Å². The third-order valence-corrected chi connectivity index (χ3v) is 3.17. The second kappa shape index (κ2) is 5.14. The average molecular weight is 275 g/mol. The number of para-hydroxylation sites is 1. The van der Waals surface area contributed by atoms with Crippen LogP contribution in [0.2, 0.25) is 0 Å². The van der Waals surface area contributed by atoms with E-state index >= 15 is 0 Å². The van der Waals surface area contributed by atoms with Crippen molar-refractivity contribution in [3.05, 3.63) is 59.8 Å². The summed E-state index contributed by atoms with van der Waals surface area (Å²) in [6.45, 7) is 1.92. The van der Waals surface area contributed by atoms with Gasteiger partial charge in [0.05, 0.1) is 22.8 Å². The Morgan fingerprint density at radius 1 is 1.10 bits per heavy atom. The summed E-state index contributed by atoms with van der Waals surface area (Å²) in [5.41, 5.74) is 8.63. The molecule has 0 saturated carbocycles. The van der Waals surface area contributed by atoms with Crippen molar-refractivity contribution in [2.45, 2.75) is 6.92 Å². The monoisotopic (exact) mass is 275 g/mol. The summed E-state index contributed by atoms with van der Waals surface area (Å²) in [4.78, 5) is 4.47. The lowest BCUT2D eigenvalue weighted by Crippen LogP contribution is -1.95. The summed E-state index contributed by atoms with van der Waals surface area (Å²) in [5.74, 6) is 1.24. The third-order valence-electron chi connectivity index (χ3n) is 3.17. The van der Waals surface area contributed by atoms with Crippen molar-refractivity contribution in [2.24, 2.45) is 0 Å². The van der Waals surface area contributed by atoms with Gasteiger partial charge in [0.1, 0.15) is 11.5 Å². The van der Waals surface area contributed by atoms with E-state index in [0.29, 0.717) is 22.7 Å². The van der Waals surface area contributed by atoms with E-state index in [-0.39, 0.29) is 0 Å². The molecule has 102 valence electrons. The lowest BCUT2D eigenvalue weighted by Gasteiger charge is -2.11. The van der Waals surface area contributed by atoms with Crippen LogP contribution in [0.5, 0.6) is 11.5 Å². The Balaban J connectivity index is 2.08. The van der Waals surface area contributed by atoms with E-state index in [4.69, 9.17) is 15.7 Å². The smallest absolute Gasteiger partial charge is 0.150 e. The number of anilines is 1. The molecule has 4 nitrogen and oxygen atoms in total. The van der Waals surface area contributed by atoms with E-state index in [0.717, 1.165) is 16.6 Å². The number of nitrogens with two attached hydrogens (primary N) is 1. The molecule has 0 aliphatic rings. The Labute approximate surface area is 122 Å². The standard InChI is InChI=1S/C17H13N3O/c1-11-8-17(13-4-2-3-5-15(13)20-11)21-16-7-6-12(10-18)9-14(16)19/h2-9H,19H2,1H3. The number of aryl methyl sites for hydroxylation is 1. The summed E-state index contributed by atoms with van der Waals surface area (Å²) in [7, 11) is 0. The Hall–Kier alpha value is -3.06. The van der Waals surface area contributed by atoms with Crippen LogP contribution in [-0.4, -0.2) is 4.98 Å². The van der Waals surface area contributed by atoms with Gasteiger partial charge in [-0.25, -0.2) is 0 Å². The molecule has 1 aromatic heterocycles. The maximum atomic E-state index is 8.87. The van der Waals surface area contributed by atoms with Gasteiger partial charge in [-0.15, -0.1) is 0 Å². The van der Waals surface area contributed by atoms with Gasteiger partial charge < -0.3 is 10.5 Å². The van der Waals surface area contributed by atoms with Gasteiger partial charge in [-0.2, -0.15) is 5.26 Å². The van der Waals surface area contributed by atoms with Crippen molar-refractivity contribution >= 4 is 16.6 Å². The fourth-order valence-electron chi connectivity index (χ4n) is 2.18. The summed E-state index contributed by atoms with van der Waals surface area (Å²) in [5, 5.41) is 9.79. The summed E-state index contributed by atoms with van der Waals surface area (Å²) < 4.78 is 5.93. The predicted molar refractivity (Wildman–Crippen MR) is 82.1 cm³/mol. The molecule has 2 N–H and O–H groups in total. The minimum atomic E-state index is 0.438. The first-order valence-corrected chi connectivity index (χ1v) is 6.51. The molecule has 0 radical (unpaired) electrons. The van der Waals surface area contributed by atoms with Crippen molar-refractivity contribution in [3.8, 4) is 17.6 Å². The van der Waals surface area contributed by atoms with E-state index in [9.17, 15) is 0 Å². The minimum absolute atomic E-state index is 0.438. The molecule has 4 heteroatoms. The zero-order chi connectivity index (χ0) is 14.8. The summed E-state index contributed by atoms with van der Waals surface area (Å²) >= 11 is 0. The van der Waals surface area contributed by atoms with E-state index in [1.165, 1.54) is 0 Å². The Kier molecular flexibility index (Phi) is 3.17. The molecule has 2 aromatic carbocycles.